The molecule has 3 rings (SSSR count). The molecule has 2 aromatic rings. The van der Waals surface area contributed by atoms with Crippen molar-refractivity contribution >= 4 is 11.6 Å². The summed E-state index contributed by atoms with van der Waals surface area (Å²) < 4.78 is 5.68. The minimum Gasteiger partial charge on any atom is -0.508 e. The van der Waals surface area contributed by atoms with Gasteiger partial charge in [0.05, 0.1) is 12.3 Å². The molecule has 1 aliphatic rings. The minimum atomic E-state index is -0.0644. The van der Waals surface area contributed by atoms with Gasteiger partial charge in [0.1, 0.15) is 11.5 Å². The van der Waals surface area contributed by atoms with Crippen LogP contribution in [0.3, 0.4) is 0 Å². The zero-order valence-electron chi connectivity index (χ0n) is 11.9. The lowest BCUT2D eigenvalue weighted by Gasteiger charge is -2.22. The Labute approximate surface area is 123 Å². The normalized spacial score (nSPS) is 14.0. The molecule has 1 amide bonds. The van der Waals surface area contributed by atoms with E-state index in [4.69, 9.17) is 4.74 Å². The Hall–Kier alpha value is -2.49. The third kappa shape index (κ3) is 2.57. The Bertz CT molecular complexity index is 681. The summed E-state index contributed by atoms with van der Waals surface area (Å²) in [4.78, 5) is 14.6. The van der Waals surface area contributed by atoms with Crippen LogP contribution >= 0.6 is 0 Å². The lowest BCUT2D eigenvalue weighted by molar-refractivity contribution is 0.0986. The van der Waals surface area contributed by atoms with E-state index in [0.29, 0.717) is 18.7 Å². The van der Waals surface area contributed by atoms with E-state index in [1.165, 1.54) is 0 Å². The molecule has 4 nitrogen and oxygen atoms in total. The van der Waals surface area contributed by atoms with Crippen molar-refractivity contribution in [1.82, 2.24) is 0 Å². The number of aryl methyl sites for hydroxylation is 1. The second-order valence-electron chi connectivity index (χ2n) is 5.13. The van der Waals surface area contributed by atoms with Crippen molar-refractivity contribution in [2.24, 2.45) is 0 Å². The molecule has 1 aliphatic heterocycles. The number of rotatable bonds is 1. The number of anilines is 1. The second kappa shape index (κ2) is 5.48. The lowest BCUT2D eigenvalue weighted by atomic mass is 10.1. The number of nitrogens with zero attached hydrogens (tertiary/aromatic N) is 1. The molecule has 0 spiro atoms. The van der Waals surface area contributed by atoms with Gasteiger partial charge < -0.3 is 14.7 Å². The maximum absolute atomic E-state index is 12.8. The zero-order chi connectivity index (χ0) is 14.8. The Morgan fingerprint density at radius 2 is 2.05 bits per heavy atom. The number of ether oxygens (including phenoxy) is 1. The summed E-state index contributed by atoms with van der Waals surface area (Å²) in [6.45, 7) is 3.05. The van der Waals surface area contributed by atoms with Gasteiger partial charge in [-0.25, -0.2) is 0 Å². The van der Waals surface area contributed by atoms with Gasteiger partial charge in [0.25, 0.3) is 5.91 Å². The molecule has 0 unspecified atom stereocenters. The van der Waals surface area contributed by atoms with Gasteiger partial charge in [-0.15, -0.1) is 0 Å². The van der Waals surface area contributed by atoms with Crippen molar-refractivity contribution in [2.45, 2.75) is 13.3 Å². The highest BCUT2D eigenvalue weighted by atomic mass is 16.5. The largest absolute Gasteiger partial charge is 0.508 e. The average Bonchev–Trinajstić information content (AvgIpc) is 2.69. The molecule has 4 heteroatoms. The first kappa shape index (κ1) is 13.5. The van der Waals surface area contributed by atoms with E-state index in [-0.39, 0.29) is 11.7 Å². The molecule has 0 aliphatic carbocycles. The van der Waals surface area contributed by atoms with E-state index >= 15 is 0 Å². The molecule has 0 saturated carbocycles. The monoisotopic (exact) mass is 283 g/mol. The van der Waals surface area contributed by atoms with Crippen LogP contribution in [0, 0.1) is 6.92 Å². The number of benzene rings is 2. The van der Waals surface area contributed by atoms with Gasteiger partial charge in [-0.1, -0.05) is 12.1 Å². The summed E-state index contributed by atoms with van der Waals surface area (Å²) in [5.74, 6) is 0.842. The van der Waals surface area contributed by atoms with Crippen LogP contribution in [-0.2, 0) is 0 Å². The highest BCUT2D eigenvalue weighted by Crippen LogP contribution is 2.32. The predicted molar refractivity (Wildman–Crippen MR) is 81.1 cm³/mol. The average molecular weight is 283 g/mol. The van der Waals surface area contributed by atoms with Crippen LogP contribution in [0.15, 0.2) is 42.5 Å². The Morgan fingerprint density at radius 1 is 1.24 bits per heavy atom. The standard InChI is InChI=1S/C17H17NO3/c1-12-11-13(19)7-8-14(12)17(20)18-9-4-10-21-16-6-3-2-5-15(16)18/h2-3,5-8,11,19H,4,9-10H2,1H3. The van der Waals surface area contributed by atoms with E-state index < -0.39 is 0 Å². The van der Waals surface area contributed by atoms with E-state index in [1.807, 2.05) is 31.2 Å². The lowest BCUT2D eigenvalue weighted by Crippen LogP contribution is -2.31. The summed E-state index contributed by atoms with van der Waals surface area (Å²) in [5.41, 5.74) is 2.17. The maximum atomic E-state index is 12.8. The molecule has 0 atom stereocenters. The molecular weight excluding hydrogens is 266 g/mol. The van der Waals surface area contributed by atoms with Crippen molar-refractivity contribution in [1.29, 1.82) is 0 Å². The number of amides is 1. The van der Waals surface area contributed by atoms with Gasteiger partial charge in [0.15, 0.2) is 0 Å². The van der Waals surface area contributed by atoms with E-state index in [1.54, 1.807) is 23.1 Å². The number of hydrogen-bond acceptors (Lipinski definition) is 3. The molecule has 0 saturated heterocycles. The van der Waals surface area contributed by atoms with Gasteiger partial charge in [-0.05, 0) is 49.2 Å². The smallest absolute Gasteiger partial charge is 0.258 e. The summed E-state index contributed by atoms with van der Waals surface area (Å²) >= 11 is 0. The molecule has 0 fully saturated rings. The first-order valence-electron chi connectivity index (χ1n) is 7.00. The molecule has 0 radical (unpaired) electrons. The highest BCUT2D eigenvalue weighted by molar-refractivity contribution is 6.07. The number of carbonyl (C=O) groups excluding carboxylic acids is 1. The number of aromatic hydroxyl groups is 1. The highest BCUT2D eigenvalue weighted by Gasteiger charge is 2.24. The molecule has 0 bridgehead atoms. The molecule has 21 heavy (non-hydrogen) atoms. The molecule has 108 valence electrons. The summed E-state index contributed by atoms with van der Waals surface area (Å²) in [6.07, 6.45) is 0.789. The first-order valence-corrected chi connectivity index (χ1v) is 7.00. The van der Waals surface area contributed by atoms with E-state index in [2.05, 4.69) is 0 Å². The Morgan fingerprint density at radius 3 is 2.86 bits per heavy atom. The number of phenols is 1. The van der Waals surface area contributed by atoms with E-state index in [9.17, 15) is 9.90 Å². The van der Waals surface area contributed by atoms with Crippen molar-refractivity contribution in [3.8, 4) is 11.5 Å². The minimum absolute atomic E-state index is 0.0644. The van der Waals surface area contributed by atoms with Crippen LogP contribution < -0.4 is 9.64 Å². The van der Waals surface area contributed by atoms with Crippen LogP contribution in [0.4, 0.5) is 5.69 Å². The zero-order valence-corrected chi connectivity index (χ0v) is 11.9. The second-order valence-corrected chi connectivity index (χ2v) is 5.13. The Kier molecular flexibility index (Phi) is 3.52. The van der Waals surface area contributed by atoms with Crippen LogP contribution in [-0.4, -0.2) is 24.2 Å². The number of phenolic OH excluding ortho intramolecular Hbond substituents is 1. The molecule has 1 N–H and O–H groups in total. The summed E-state index contributed by atoms with van der Waals surface area (Å²) in [6, 6.07) is 12.4. The molecule has 1 heterocycles. The van der Waals surface area contributed by atoms with Gasteiger partial charge >= 0.3 is 0 Å². The molecular formula is C17H17NO3. The van der Waals surface area contributed by atoms with Crippen molar-refractivity contribution in [2.75, 3.05) is 18.1 Å². The summed E-state index contributed by atoms with van der Waals surface area (Å²) in [5, 5.41) is 9.49. The SMILES string of the molecule is Cc1cc(O)ccc1C(=O)N1CCCOc2ccccc21. The maximum Gasteiger partial charge on any atom is 0.258 e. The number of para-hydroxylation sites is 2. The topological polar surface area (TPSA) is 49.8 Å². The fraction of sp³-hybridized carbons (Fsp3) is 0.235. The Balaban J connectivity index is 2.01. The quantitative estimate of drug-likeness (QED) is 0.874. The van der Waals surface area contributed by atoms with Crippen LogP contribution in [0.2, 0.25) is 0 Å². The van der Waals surface area contributed by atoms with Crippen LogP contribution in [0.25, 0.3) is 0 Å². The number of hydrogen-bond donors (Lipinski definition) is 1. The predicted octanol–water partition coefficient (Wildman–Crippen LogP) is 3.13. The van der Waals surface area contributed by atoms with Crippen LogP contribution in [0.5, 0.6) is 11.5 Å². The van der Waals surface area contributed by atoms with Gasteiger partial charge in [0.2, 0.25) is 0 Å². The third-order valence-electron chi connectivity index (χ3n) is 3.63. The number of carbonyl (C=O) groups is 1. The number of fused-ring (bicyclic) bond motifs is 1. The van der Waals surface area contributed by atoms with Crippen molar-refractivity contribution in [3.05, 3.63) is 53.6 Å². The van der Waals surface area contributed by atoms with E-state index in [0.717, 1.165) is 23.4 Å². The van der Waals surface area contributed by atoms with Crippen LogP contribution in [0.1, 0.15) is 22.3 Å². The van der Waals surface area contributed by atoms with Gasteiger partial charge in [0, 0.05) is 12.1 Å². The first-order chi connectivity index (χ1) is 10.2. The molecule has 0 aromatic heterocycles. The molecule has 2 aromatic carbocycles. The summed E-state index contributed by atoms with van der Waals surface area (Å²) in [7, 11) is 0. The van der Waals surface area contributed by atoms with Crippen molar-refractivity contribution < 1.29 is 14.6 Å². The van der Waals surface area contributed by atoms with Gasteiger partial charge in [-0.2, -0.15) is 0 Å². The van der Waals surface area contributed by atoms with Crippen molar-refractivity contribution in [3.63, 3.8) is 0 Å². The fourth-order valence-electron chi connectivity index (χ4n) is 2.57. The third-order valence-corrected chi connectivity index (χ3v) is 3.63. The fourth-order valence-corrected chi connectivity index (χ4v) is 2.57. The van der Waals surface area contributed by atoms with Gasteiger partial charge in [-0.3, -0.25) is 4.79 Å².